The second-order valence-electron chi connectivity index (χ2n) is 7.95. The molecule has 5 nitrogen and oxygen atoms in total. The van der Waals surface area contributed by atoms with Gasteiger partial charge in [0.15, 0.2) is 5.69 Å². The van der Waals surface area contributed by atoms with Gasteiger partial charge in [-0.1, -0.05) is 12.1 Å². The lowest BCUT2D eigenvalue weighted by Crippen LogP contribution is -2.37. The molecule has 0 aliphatic rings. The molecule has 0 unspecified atom stereocenters. The molecule has 1 N–H and O–H groups in total. The summed E-state index contributed by atoms with van der Waals surface area (Å²) < 4.78 is 40.4. The molecule has 2 aromatic heterocycles. The number of aryl methyl sites for hydroxylation is 2. The first-order chi connectivity index (χ1) is 15.8. The summed E-state index contributed by atoms with van der Waals surface area (Å²) in [5.74, 6) is -1.01. The van der Waals surface area contributed by atoms with Crippen molar-refractivity contribution >= 4 is 16.8 Å². The zero-order valence-corrected chi connectivity index (χ0v) is 18.3. The van der Waals surface area contributed by atoms with Crippen LogP contribution >= 0.6 is 0 Å². The van der Waals surface area contributed by atoms with Crippen molar-refractivity contribution < 1.29 is 18.0 Å². The highest BCUT2D eigenvalue weighted by Gasteiger charge is 2.25. The Bertz CT molecular complexity index is 1300. The summed E-state index contributed by atoms with van der Waals surface area (Å²) in [5, 5.41) is 0.662. The largest absolute Gasteiger partial charge is 0.361 e. The standard InChI is InChI=1S/C25H23F3N4O/c1-15-3-4-17(11-16(15)2)23-24(30-9-8-29-23)25(33)32(14-22(27)28)10-7-18-13-31-21-6-5-19(26)12-20(18)21/h3-6,8-9,11-13,22,31H,7,10,14H2,1-2H3. The zero-order valence-electron chi connectivity index (χ0n) is 18.3. The number of rotatable bonds is 7. The quantitative estimate of drug-likeness (QED) is 0.412. The van der Waals surface area contributed by atoms with Gasteiger partial charge in [-0.25, -0.2) is 18.2 Å². The normalized spacial score (nSPS) is 11.3. The number of alkyl halides is 2. The third-order valence-corrected chi connectivity index (χ3v) is 5.71. The Balaban J connectivity index is 1.63. The minimum atomic E-state index is -2.71. The van der Waals surface area contributed by atoms with Gasteiger partial charge in [-0.15, -0.1) is 0 Å². The maximum absolute atomic E-state index is 13.7. The molecule has 2 aromatic carbocycles. The highest BCUT2D eigenvalue weighted by molar-refractivity contribution is 5.98. The van der Waals surface area contributed by atoms with E-state index < -0.39 is 18.9 Å². The first-order valence-corrected chi connectivity index (χ1v) is 10.5. The van der Waals surface area contributed by atoms with Crippen LogP contribution in [0.1, 0.15) is 27.2 Å². The van der Waals surface area contributed by atoms with E-state index in [9.17, 15) is 18.0 Å². The summed E-state index contributed by atoms with van der Waals surface area (Å²) in [6.07, 6.45) is 2.12. The van der Waals surface area contributed by atoms with Gasteiger partial charge in [0, 0.05) is 41.6 Å². The van der Waals surface area contributed by atoms with Gasteiger partial charge >= 0.3 is 0 Å². The molecule has 4 rings (SSSR count). The Morgan fingerprint density at radius 1 is 1.06 bits per heavy atom. The lowest BCUT2D eigenvalue weighted by molar-refractivity contribution is 0.0553. The van der Waals surface area contributed by atoms with E-state index in [0.717, 1.165) is 27.1 Å². The molecule has 0 saturated carbocycles. The molecule has 0 spiro atoms. The van der Waals surface area contributed by atoms with Crippen LogP contribution < -0.4 is 0 Å². The Kier molecular flexibility index (Phi) is 6.44. The fraction of sp³-hybridized carbons (Fsp3) is 0.240. The number of carbonyl (C=O) groups is 1. The molecular weight excluding hydrogens is 429 g/mol. The molecule has 0 aliphatic heterocycles. The van der Waals surface area contributed by atoms with Gasteiger partial charge in [0.1, 0.15) is 11.5 Å². The highest BCUT2D eigenvalue weighted by atomic mass is 19.3. The molecule has 1 amide bonds. The van der Waals surface area contributed by atoms with Crippen molar-refractivity contribution in [1.29, 1.82) is 0 Å². The number of amides is 1. The number of nitrogens with zero attached hydrogens (tertiary/aromatic N) is 3. The molecule has 33 heavy (non-hydrogen) atoms. The van der Waals surface area contributed by atoms with E-state index in [2.05, 4.69) is 15.0 Å². The van der Waals surface area contributed by atoms with Crippen molar-refractivity contribution in [2.45, 2.75) is 26.7 Å². The van der Waals surface area contributed by atoms with Crippen LogP contribution in [0.5, 0.6) is 0 Å². The van der Waals surface area contributed by atoms with Crippen LogP contribution in [-0.2, 0) is 6.42 Å². The van der Waals surface area contributed by atoms with Gasteiger partial charge in [0.2, 0.25) is 0 Å². The third kappa shape index (κ3) is 4.89. The monoisotopic (exact) mass is 452 g/mol. The Morgan fingerprint density at radius 3 is 2.61 bits per heavy atom. The van der Waals surface area contributed by atoms with Gasteiger partial charge < -0.3 is 9.88 Å². The van der Waals surface area contributed by atoms with Crippen molar-refractivity contribution in [2.75, 3.05) is 13.1 Å². The van der Waals surface area contributed by atoms with Gasteiger partial charge in [0.05, 0.1) is 6.54 Å². The molecule has 0 aliphatic carbocycles. The summed E-state index contributed by atoms with van der Waals surface area (Å²) in [7, 11) is 0. The smallest absolute Gasteiger partial charge is 0.274 e. The lowest BCUT2D eigenvalue weighted by atomic mass is 10.0. The number of hydrogen-bond donors (Lipinski definition) is 1. The Hall–Kier alpha value is -3.68. The number of fused-ring (bicyclic) bond motifs is 1. The minimum Gasteiger partial charge on any atom is -0.361 e. The molecule has 0 fully saturated rings. The minimum absolute atomic E-state index is 0.0198. The van der Waals surface area contributed by atoms with Crippen molar-refractivity contribution in [3.05, 3.63) is 83.2 Å². The number of benzene rings is 2. The first kappa shape index (κ1) is 22.5. The van der Waals surface area contributed by atoms with Gasteiger partial charge in [0.25, 0.3) is 12.3 Å². The first-order valence-electron chi connectivity index (χ1n) is 10.5. The van der Waals surface area contributed by atoms with Gasteiger partial charge in [-0.3, -0.25) is 9.78 Å². The van der Waals surface area contributed by atoms with Crippen molar-refractivity contribution in [3.63, 3.8) is 0 Å². The van der Waals surface area contributed by atoms with Crippen molar-refractivity contribution in [2.24, 2.45) is 0 Å². The molecule has 0 saturated heterocycles. The van der Waals surface area contributed by atoms with Crippen LogP contribution in [-0.4, -0.2) is 45.3 Å². The predicted molar refractivity (Wildman–Crippen MR) is 121 cm³/mol. The van der Waals surface area contributed by atoms with Gasteiger partial charge in [-0.05, 0) is 61.2 Å². The zero-order chi connectivity index (χ0) is 23.5. The topological polar surface area (TPSA) is 61.9 Å². The van der Waals surface area contributed by atoms with Crippen LogP contribution in [0, 0.1) is 19.7 Å². The second-order valence-corrected chi connectivity index (χ2v) is 7.95. The predicted octanol–water partition coefficient (Wildman–Crippen LogP) is 5.33. The van der Waals surface area contributed by atoms with Crippen molar-refractivity contribution in [1.82, 2.24) is 19.9 Å². The number of hydrogen-bond acceptors (Lipinski definition) is 3. The number of aromatic nitrogens is 3. The molecule has 8 heteroatoms. The summed E-state index contributed by atoms with van der Waals surface area (Å²) in [4.78, 5) is 26.0. The van der Waals surface area contributed by atoms with Crippen LogP contribution in [0.15, 0.2) is 55.0 Å². The van der Waals surface area contributed by atoms with Crippen LogP contribution in [0.25, 0.3) is 22.2 Å². The Labute approximate surface area is 189 Å². The maximum Gasteiger partial charge on any atom is 0.274 e. The number of carbonyl (C=O) groups excluding carboxylic acids is 1. The SMILES string of the molecule is Cc1ccc(-c2nccnc2C(=O)N(CCc2c[nH]c3ccc(F)cc23)CC(F)F)cc1C. The lowest BCUT2D eigenvalue weighted by Gasteiger charge is -2.23. The molecule has 0 radical (unpaired) electrons. The van der Waals surface area contributed by atoms with E-state index in [1.807, 2.05) is 32.0 Å². The average molecular weight is 452 g/mol. The fourth-order valence-corrected chi connectivity index (χ4v) is 3.80. The summed E-state index contributed by atoms with van der Waals surface area (Å²) in [6.45, 7) is 3.21. The van der Waals surface area contributed by atoms with Crippen LogP contribution in [0.2, 0.25) is 0 Å². The van der Waals surface area contributed by atoms with Crippen molar-refractivity contribution in [3.8, 4) is 11.3 Å². The van der Waals surface area contributed by atoms with E-state index in [1.54, 1.807) is 12.3 Å². The van der Waals surface area contributed by atoms with E-state index >= 15 is 0 Å². The maximum atomic E-state index is 13.7. The molecular formula is C25H23F3N4O. The van der Waals surface area contributed by atoms with Gasteiger partial charge in [-0.2, -0.15) is 0 Å². The average Bonchev–Trinajstić information content (AvgIpc) is 3.19. The molecule has 4 aromatic rings. The van der Waals surface area contributed by atoms with Crippen LogP contribution in [0.4, 0.5) is 13.2 Å². The van der Waals surface area contributed by atoms with E-state index in [4.69, 9.17) is 0 Å². The number of halogens is 3. The van der Waals surface area contributed by atoms with Crippen LogP contribution in [0.3, 0.4) is 0 Å². The van der Waals surface area contributed by atoms with E-state index in [1.165, 1.54) is 24.5 Å². The number of nitrogens with one attached hydrogen (secondary N) is 1. The molecule has 170 valence electrons. The molecule has 0 atom stereocenters. The number of aromatic amines is 1. The molecule has 0 bridgehead atoms. The second kappa shape index (κ2) is 9.44. The molecule has 2 heterocycles. The highest BCUT2D eigenvalue weighted by Crippen LogP contribution is 2.25. The third-order valence-electron chi connectivity index (χ3n) is 5.71. The summed E-state index contributed by atoms with van der Waals surface area (Å²) in [5.41, 5.74) is 4.65. The number of H-pyrrole nitrogens is 1. The summed E-state index contributed by atoms with van der Waals surface area (Å²) >= 11 is 0. The van der Waals surface area contributed by atoms with E-state index in [0.29, 0.717) is 16.6 Å². The fourth-order valence-electron chi connectivity index (χ4n) is 3.80. The summed E-state index contributed by atoms with van der Waals surface area (Å²) in [6, 6.07) is 10.0. The van der Waals surface area contributed by atoms with E-state index in [-0.39, 0.29) is 24.5 Å². The Morgan fingerprint density at radius 2 is 1.85 bits per heavy atom.